The van der Waals surface area contributed by atoms with Gasteiger partial charge in [-0.1, -0.05) is 42.5 Å². The minimum absolute atomic E-state index is 0.0116. The van der Waals surface area contributed by atoms with Crippen molar-refractivity contribution in [1.29, 1.82) is 5.26 Å². The van der Waals surface area contributed by atoms with E-state index in [1.165, 1.54) is 0 Å². The molecule has 0 spiro atoms. The third-order valence-electron chi connectivity index (χ3n) is 5.88. The number of fused-ring (bicyclic) bond motifs is 2. The third-order valence-corrected chi connectivity index (χ3v) is 5.88. The first-order valence-corrected chi connectivity index (χ1v) is 10.6. The van der Waals surface area contributed by atoms with Gasteiger partial charge in [-0.15, -0.1) is 0 Å². The zero-order valence-electron chi connectivity index (χ0n) is 18.5. The van der Waals surface area contributed by atoms with Gasteiger partial charge in [0.05, 0.1) is 13.0 Å². The quantitative estimate of drug-likeness (QED) is 0.335. The summed E-state index contributed by atoms with van der Waals surface area (Å²) >= 11 is 0. The van der Waals surface area contributed by atoms with E-state index in [2.05, 4.69) is 6.07 Å². The van der Waals surface area contributed by atoms with Crippen LogP contribution in [0.15, 0.2) is 82.6 Å². The summed E-state index contributed by atoms with van der Waals surface area (Å²) in [4.78, 5) is 12.9. The average molecular weight is 452 g/mol. The number of para-hydroxylation sites is 2. The molecule has 1 aliphatic heterocycles. The van der Waals surface area contributed by atoms with Crippen molar-refractivity contribution in [3.8, 4) is 23.3 Å². The van der Waals surface area contributed by atoms with Gasteiger partial charge in [-0.3, -0.25) is 0 Å². The van der Waals surface area contributed by atoms with Crippen molar-refractivity contribution in [3.05, 3.63) is 101 Å². The molecular weight excluding hydrogens is 432 g/mol. The Morgan fingerprint density at radius 1 is 1.06 bits per heavy atom. The van der Waals surface area contributed by atoms with E-state index in [1.807, 2.05) is 49.4 Å². The second-order valence-electron chi connectivity index (χ2n) is 7.81. The fraction of sp³-hybridized carbons (Fsp3) is 0.111. The van der Waals surface area contributed by atoms with Gasteiger partial charge >= 0.3 is 5.97 Å². The monoisotopic (exact) mass is 452 g/mol. The average Bonchev–Trinajstić information content (AvgIpc) is 3.19. The van der Waals surface area contributed by atoms with Gasteiger partial charge in [-0.2, -0.15) is 5.26 Å². The number of rotatable bonds is 4. The van der Waals surface area contributed by atoms with Gasteiger partial charge in [0.1, 0.15) is 34.5 Å². The Kier molecular flexibility index (Phi) is 5.19. The molecule has 1 aromatic heterocycles. The Bertz CT molecular complexity index is 1510. The molecular formula is C27H20N2O5. The Labute approximate surface area is 195 Å². The Balaban J connectivity index is 1.51. The van der Waals surface area contributed by atoms with E-state index < -0.39 is 11.9 Å². The van der Waals surface area contributed by atoms with Gasteiger partial charge in [-0.25, -0.2) is 4.79 Å². The molecule has 0 saturated heterocycles. The van der Waals surface area contributed by atoms with Gasteiger partial charge in [0, 0.05) is 28.1 Å². The summed E-state index contributed by atoms with van der Waals surface area (Å²) in [5.74, 6) is 0.283. The van der Waals surface area contributed by atoms with E-state index >= 15 is 0 Å². The number of furan rings is 1. The molecule has 3 aromatic carbocycles. The van der Waals surface area contributed by atoms with Crippen molar-refractivity contribution in [2.75, 3.05) is 7.11 Å². The van der Waals surface area contributed by atoms with Gasteiger partial charge in [0.2, 0.25) is 11.6 Å². The van der Waals surface area contributed by atoms with E-state index in [1.54, 1.807) is 31.4 Å². The Morgan fingerprint density at radius 3 is 2.59 bits per heavy atom. The molecule has 7 nitrogen and oxygen atoms in total. The van der Waals surface area contributed by atoms with Crippen LogP contribution in [0.1, 0.15) is 33.2 Å². The van der Waals surface area contributed by atoms with Gasteiger partial charge < -0.3 is 24.4 Å². The van der Waals surface area contributed by atoms with Crippen LogP contribution in [0, 0.1) is 18.3 Å². The van der Waals surface area contributed by atoms with Crippen LogP contribution in [-0.4, -0.2) is 13.1 Å². The van der Waals surface area contributed by atoms with Crippen molar-refractivity contribution < 1.29 is 23.4 Å². The maximum Gasteiger partial charge on any atom is 0.379 e. The summed E-state index contributed by atoms with van der Waals surface area (Å²) in [6, 6.07) is 22.0. The lowest BCUT2D eigenvalue weighted by atomic mass is 9.83. The molecule has 7 heteroatoms. The molecule has 1 atom stereocenters. The lowest BCUT2D eigenvalue weighted by Crippen LogP contribution is -2.21. The number of hydrogen-bond acceptors (Lipinski definition) is 7. The van der Waals surface area contributed by atoms with Crippen LogP contribution in [0.2, 0.25) is 0 Å². The van der Waals surface area contributed by atoms with Crippen molar-refractivity contribution in [3.63, 3.8) is 0 Å². The zero-order valence-corrected chi connectivity index (χ0v) is 18.5. The SMILES string of the molecule is COc1ccccc1C1C(C#N)=C(N)Oc2cc(OC(=O)c3oc4ccccc4c3C)ccc21. The second-order valence-corrected chi connectivity index (χ2v) is 7.81. The fourth-order valence-electron chi connectivity index (χ4n) is 4.25. The first kappa shape index (κ1) is 21.2. The first-order chi connectivity index (χ1) is 16.5. The molecule has 168 valence electrons. The van der Waals surface area contributed by atoms with E-state index in [0.29, 0.717) is 28.2 Å². The number of carbonyl (C=O) groups is 1. The highest BCUT2D eigenvalue weighted by atomic mass is 16.5. The molecule has 0 bridgehead atoms. The lowest BCUT2D eigenvalue weighted by molar-refractivity contribution is 0.0702. The van der Waals surface area contributed by atoms with Gasteiger partial charge in [-0.05, 0) is 25.1 Å². The maximum atomic E-state index is 12.9. The number of esters is 1. The Hall–Kier alpha value is -4.70. The molecule has 4 aromatic rings. The standard InChI is InChI=1S/C27H20N2O5/c1-15-17-7-3-6-10-22(17)33-25(15)27(30)32-16-11-12-19-23(13-16)34-26(29)20(14-28)24(19)18-8-4-5-9-21(18)31-2/h3-13,24H,29H2,1-2H3. The largest absolute Gasteiger partial charge is 0.496 e. The summed E-state index contributed by atoms with van der Waals surface area (Å²) < 4.78 is 22.5. The number of hydrogen-bond donors (Lipinski definition) is 1. The molecule has 5 rings (SSSR count). The fourth-order valence-corrected chi connectivity index (χ4v) is 4.25. The number of allylic oxidation sites excluding steroid dienone is 1. The van der Waals surface area contributed by atoms with Crippen LogP contribution in [0.25, 0.3) is 11.0 Å². The van der Waals surface area contributed by atoms with E-state index in [9.17, 15) is 10.1 Å². The summed E-state index contributed by atoms with van der Waals surface area (Å²) in [5, 5.41) is 10.6. The molecule has 2 heterocycles. The lowest BCUT2D eigenvalue weighted by Gasteiger charge is -2.27. The molecule has 2 N–H and O–H groups in total. The van der Waals surface area contributed by atoms with Crippen molar-refractivity contribution >= 4 is 16.9 Å². The van der Waals surface area contributed by atoms with Crippen LogP contribution in [0.3, 0.4) is 0 Å². The van der Waals surface area contributed by atoms with Crippen LogP contribution >= 0.6 is 0 Å². The highest BCUT2D eigenvalue weighted by molar-refractivity contribution is 5.96. The number of carbonyl (C=O) groups excluding carboxylic acids is 1. The molecule has 1 unspecified atom stereocenters. The highest BCUT2D eigenvalue weighted by Crippen LogP contribution is 2.45. The highest BCUT2D eigenvalue weighted by Gasteiger charge is 2.33. The maximum absolute atomic E-state index is 12.9. The summed E-state index contributed by atoms with van der Waals surface area (Å²) in [5.41, 5.74) is 9.17. The number of methoxy groups -OCH3 is 1. The molecule has 1 aliphatic rings. The predicted molar refractivity (Wildman–Crippen MR) is 125 cm³/mol. The summed E-state index contributed by atoms with van der Waals surface area (Å²) in [6.07, 6.45) is 0. The molecule has 0 fully saturated rings. The van der Waals surface area contributed by atoms with Gasteiger partial charge in [0.15, 0.2) is 0 Å². The molecule has 34 heavy (non-hydrogen) atoms. The summed E-state index contributed by atoms with van der Waals surface area (Å²) in [6.45, 7) is 1.81. The number of nitrogens with two attached hydrogens (primary N) is 1. The number of nitrogens with zero attached hydrogens (tertiary/aromatic N) is 1. The summed E-state index contributed by atoms with van der Waals surface area (Å²) in [7, 11) is 1.57. The molecule has 0 aliphatic carbocycles. The Morgan fingerprint density at radius 2 is 1.82 bits per heavy atom. The number of benzene rings is 3. The van der Waals surface area contributed by atoms with Crippen molar-refractivity contribution in [2.45, 2.75) is 12.8 Å². The number of ether oxygens (including phenoxy) is 3. The van der Waals surface area contributed by atoms with Crippen LogP contribution in [0.5, 0.6) is 17.2 Å². The normalized spacial score (nSPS) is 14.8. The molecule has 0 radical (unpaired) electrons. The number of nitriles is 1. The van der Waals surface area contributed by atoms with Crippen LogP contribution < -0.4 is 19.9 Å². The zero-order chi connectivity index (χ0) is 23.8. The van der Waals surface area contributed by atoms with Gasteiger partial charge in [0.25, 0.3) is 0 Å². The molecule has 0 amide bonds. The topological polar surface area (TPSA) is 108 Å². The predicted octanol–water partition coefficient (Wildman–Crippen LogP) is 5.19. The second kappa shape index (κ2) is 8.34. The number of aryl methyl sites for hydroxylation is 1. The van der Waals surface area contributed by atoms with E-state index in [4.69, 9.17) is 24.4 Å². The minimum atomic E-state index is -0.619. The smallest absolute Gasteiger partial charge is 0.379 e. The molecule has 0 saturated carbocycles. The van der Waals surface area contributed by atoms with Crippen LogP contribution in [-0.2, 0) is 0 Å². The first-order valence-electron chi connectivity index (χ1n) is 10.6. The minimum Gasteiger partial charge on any atom is -0.496 e. The van der Waals surface area contributed by atoms with E-state index in [0.717, 1.165) is 10.9 Å². The van der Waals surface area contributed by atoms with Crippen LogP contribution in [0.4, 0.5) is 0 Å². The van der Waals surface area contributed by atoms with E-state index in [-0.39, 0.29) is 23.0 Å². The van der Waals surface area contributed by atoms with Crippen molar-refractivity contribution in [2.24, 2.45) is 5.73 Å². The third kappa shape index (κ3) is 3.42. The van der Waals surface area contributed by atoms with Crippen molar-refractivity contribution in [1.82, 2.24) is 0 Å².